The summed E-state index contributed by atoms with van der Waals surface area (Å²) in [5.74, 6) is -1.35. The molecule has 0 bridgehead atoms. The number of fused-ring (bicyclic) bond motifs is 1. The quantitative estimate of drug-likeness (QED) is 0.820. The summed E-state index contributed by atoms with van der Waals surface area (Å²) in [6, 6.07) is 2.93. The summed E-state index contributed by atoms with van der Waals surface area (Å²) in [4.78, 5) is 26.3. The Balaban J connectivity index is 2.27. The summed E-state index contributed by atoms with van der Waals surface area (Å²) >= 11 is 0. The minimum Gasteiger partial charge on any atom is -0.478 e. The second-order valence-electron chi connectivity index (χ2n) is 3.70. The van der Waals surface area contributed by atoms with E-state index in [1.54, 1.807) is 23.7 Å². The van der Waals surface area contributed by atoms with Crippen LogP contribution in [0.3, 0.4) is 0 Å². The minimum atomic E-state index is -1.01. The van der Waals surface area contributed by atoms with Crippen molar-refractivity contribution in [3.63, 3.8) is 0 Å². The maximum Gasteiger partial charge on any atom is 0.335 e. The highest BCUT2D eigenvalue weighted by atomic mass is 16.5. The lowest BCUT2D eigenvalue weighted by Crippen LogP contribution is -2.07. The number of esters is 1. The van der Waals surface area contributed by atoms with Gasteiger partial charge < -0.3 is 14.2 Å². The van der Waals surface area contributed by atoms with Gasteiger partial charge in [-0.25, -0.2) is 9.78 Å². The van der Waals surface area contributed by atoms with Crippen molar-refractivity contribution in [2.24, 2.45) is 0 Å². The second kappa shape index (κ2) is 4.87. The molecule has 6 nitrogen and oxygen atoms in total. The Labute approximate surface area is 103 Å². The number of carboxylic acid groups (broad SMARTS) is 1. The van der Waals surface area contributed by atoms with Crippen LogP contribution >= 0.6 is 0 Å². The standard InChI is InChI=1S/C12H12N2O4/c1-2-18-11(15)6-9-7-14-4-3-8(12(16)17)5-10(14)13-9/h3-5,7H,2,6H2,1H3,(H,16,17). The monoisotopic (exact) mass is 248 g/mol. The number of nitrogens with zero attached hydrogens (tertiary/aromatic N) is 2. The summed E-state index contributed by atoms with van der Waals surface area (Å²) < 4.78 is 6.49. The largest absolute Gasteiger partial charge is 0.478 e. The van der Waals surface area contributed by atoms with Crippen LogP contribution in [0.2, 0.25) is 0 Å². The number of imidazole rings is 1. The fourth-order valence-electron chi connectivity index (χ4n) is 1.61. The first-order chi connectivity index (χ1) is 8.60. The molecule has 0 radical (unpaired) electrons. The van der Waals surface area contributed by atoms with E-state index in [-0.39, 0.29) is 18.0 Å². The zero-order chi connectivity index (χ0) is 13.1. The molecule has 0 aliphatic rings. The van der Waals surface area contributed by atoms with E-state index in [4.69, 9.17) is 9.84 Å². The minimum absolute atomic E-state index is 0.0813. The Morgan fingerprint density at radius 1 is 1.50 bits per heavy atom. The first-order valence-electron chi connectivity index (χ1n) is 5.46. The van der Waals surface area contributed by atoms with Gasteiger partial charge in [0.05, 0.1) is 24.3 Å². The van der Waals surface area contributed by atoms with Crippen LogP contribution in [-0.4, -0.2) is 33.0 Å². The molecule has 0 atom stereocenters. The van der Waals surface area contributed by atoms with Crippen LogP contribution in [0.25, 0.3) is 5.65 Å². The summed E-state index contributed by atoms with van der Waals surface area (Å²) in [6.07, 6.45) is 3.36. The normalized spacial score (nSPS) is 10.5. The zero-order valence-corrected chi connectivity index (χ0v) is 9.79. The molecule has 0 unspecified atom stereocenters. The molecule has 2 aromatic heterocycles. The fraction of sp³-hybridized carbons (Fsp3) is 0.250. The van der Waals surface area contributed by atoms with E-state index in [0.29, 0.717) is 17.9 Å². The van der Waals surface area contributed by atoms with Gasteiger partial charge >= 0.3 is 11.9 Å². The zero-order valence-electron chi connectivity index (χ0n) is 9.79. The van der Waals surface area contributed by atoms with Gasteiger partial charge in [0.2, 0.25) is 0 Å². The van der Waals surface area contributed by atoms with Gasteiger partial charge in [-0.3, -0.25) is 4.79 Å². The van der Waals surface area contributed by atoms with Gasteiger partial charge in [0.1, 0.15) is 5.65 Å². The van der Waals surface area contributed by atoms with Crippen molar-refractivity contribution in [3.8, 4) is 0 Å². The molecule has 0 aliphatic heterocycles. The van der Waals surface area contributed by atoms with Gasteiger partial charge in [0, 0.05) is 12.4 Å². The van der Waals surface area contributed by atoms with E-state index in [1.165, 1.54) is 12.1 Å². The first-order valence-corrected chi connectivity index (χ1v) is 5.46. The van der Waals surface area contributed by atoms with Gasteiger partial charge in [-0.05, 0) is 19.1 Å². The Morgan fingerprint density at radius 2 is 2.28 bits per heavy atom. The van der Waals surface area contributed by atoms with Crippen LogP contribution in [0.15, 0.2) is 24.5 Å². The van der Waals surface area contributed by atoms with Crippen LogP contribution in [0.5, 0.6) is 0 Å². The SMILES string of the molecule is CCOC(=O)Cc1cn2ccc(C(=O)O)cc2n1. The number of pyridine rings is 1. The van der Waals surface area contributed by atoms with E-state index in [0.717, 1.165) is 0 Å². The molecular weight excluding hydrogens is 236 g/mol. The average molecular weight is 248 g/mol. The molecule has 0 saturated heterocycles. The molecule has 2 rings (SSSR count). The third-order valence-electron chi connectivity index (χ3n) is 2.39. The molecule has 1 N–H and O–H groups in total. The Kier molecular flexibility index (Phi) is 3.27. The molecular formula is C12H12N2O4. The third kappa shape index (κ3) is 2.48. The van der Waals surface area contributed by atoms with Crippen molar-refractivity contribution in [2.75, 3.05) is 6.61 Å². The Hall–Kier alpha value is -2.37. The van der Waals surface area contributed by atoms with Gasteiger partial charge in [-0.1, -0.05) is 0 Å². The lowest BCUT2D eigenvalue weighted by atomic mass is 10.3. The molecule has 94 valence electrons. The molecule has 2 aromatic rings. The van der Waals surface area contributed by atoms with Crippen LogP contribution in [0.1, 0.15) is 23.0 Å². The molecule has 0 spiro atoms. The highest BCUT2D eigenvalue weighted by molar-refractivity contribution is 5.88. The molecule has 6 heteroatoms. The van der Waals surface area contributed by atoms with Crippen molar-refractivity contribution in [3.05, 3.63) is 35.8 Å². The van der Waals surface area contributed by atoms with Crippen molar-refractivity contribution in [1.82, 2.24) is 9.38 Å². The summed E-state index contributed by atoms with van der Waals surface area (Å²) in [5, 5.41) is 8.86. The molecule has 0 aliphatic carbocycles. The number of aromatic carboxylic acids is 1. The average Bonchev–Trinajstić information content (AvgIpc) is 2.69. The number of hydrogen-bond donors (Lipinski definition) is 1. The maximum absolute atomic E-state index is 11.3. The number of carbonyl (C=O) groups excluding carboxylic acids is 1. The maximum atomic E-state index is 11.3. The van der Waals surface area contributed by atoms with E-state index in [9.17, 15) is 9.59 Å². The summed E-state index contributed by atoms with van der Waals surface area (Å²) in [7, 11) is 0. The van der Waals surface area contributed by atoms with Gasteiger partial charge in [-0.2, -0.15) is 0 Å². The number of carboxylic acids is 1. The molecule has 2 heterocycles. The topological polar surface area (TPSA) is 80.9 Å². The smallest absolute Gasteiger partial charge is 0.335 e. The van der Waals surface area contributed by atoms with E-state index in [2.05, 4.69) is 4.98 Å². The fourth-order valence-corrected chi connectivity index (χ4v) is 1.61. The van der Waals surface area contributed by atoms with Crippen LogP contribution in [0, 0.1) is 0 Å². The lowest BCUT2D eigenvalue weighted by Gasteiger charge is -1.97. The second-order valence-corrected chi connectivity index (χ2v) is 3.70. The van der Waals surface area contributed by atoms with E-state index in [1.807, 2.05) is 0 Å². The van der Waals surface area contributed by atoms with Crippen LogP contribution in [-0.2, 0) is 16.0 Å². The number of rotatable bonds is 4. The predicted molar refractivity (Wildman–Crippen MR) is 62.5 cm³/mol. The highest BCUT2D eigenvalue weighted by Crippen LogP contribution is 2.09. The first kappa shape index (κ1) is 12.1. The van der Waals surface area contributed by atoms with Crippen LogP contribution in [0.4, 0.5) is 0 Å². The van der Waals surface area contributed by atoms with E-state index >= 15 is 0 Å². The molecule has 0 aromatic carbocycles. The number of aromatic nitrogens is 2. The Morgan fingerprint density at radius 3 is 2.94 bits per heavy atom. The molecule has 0 amide bonds. The Bertz CT molecular complexity index is 603. The predicted octanol–water partition coefficient (Wildman–Crippen LogP) is 1.14. The van der Waals surface area contributed by atoms with Crippen molar-refractivity contribution in [1.29, 1.82) is 0 Å². The van der Waals surface area contributed by atoms with Gasteiger partial charge in [-0.15, -0.1) is 0 Å². The highest BCUT2D eigenvalue weighted by Gasteiger charge is 2.10. The lowest BCUT2D eigenvalue weighted by molar-refractivity contribution is -0.142. The van der Waals surface area contributed by atoms with Crippen molar-refractivity contribution < 1.29 is 19.4 Å². The van der Waals surface area contributed by atoms with Crippen molar-refractivity contribution in [2.45, 2.75) is 13.3 Å². The van der Waals surface area contributed by atoms with Gasteiger partial charge in [0.15, 0.2) is 0 Å². The molecule has 0 fully saturated rings. The third-order valence-corrected chi connectivity index (χ3v) is 2.39. The number of carbonyl (C=O) groups is 2. The van der Waals surface area contributed by atoms with Gasteiger partial charge in [0.25, 0.3) is 0 Å². The van der Waals surface area contributed by atoms with Crippen molar-refractivity contribution >= 4 is 17.6 Å². The molecule has 0 saturated carbocycles. The van der Waals surface area contributed by atoms with Crippen LogP contribution < -0.4 is 0 Å². The summed E-state index contributed by atoms with van der Waals surface area (Å²) in [5.41, 5.74) is 1.21. The number of hydrogen-bond acceptors (Lipinski definition) is 4. The summed E-state index contributed by atoms with van der Waals surface area (Å²) in [6.45, 7) is 2.07. The number of ether oxygens (including phenoxy) is 1. The van der Waals surface area contributed by atoms with E-state index < -0.39 is 5.97 Å². The molecule has 18 heavy (non-hydrogen) atoms.